The number of methoxy groups -OCH3 is 1. The van der Waals surface area contributed by atoms with Gasteiger partial charge in [0.15, 0.2) is 5.75 Å². The van der Waals surface area contributed by atoms with Gasteiger partial charge in [0.1, 0.15) is 15.7 Å². The number of alkyl halides is 3. The highest BCUT2D eigenvalue weighted by molar-refractivity contribution is 7.10. The van der Waals surface area contributed by atoms with Crippen molar-refractivity contribution in [3.8, 4) is 11.6 Å². The predicted octanol–water partition coefficient (Wildman–Crippen LogP) is 5.43. The van der Waals surface area contributed by atoms with Crippen molar-refractivity contribution in [1.82, 2.24) is 4.98 Å². The summed E-state index contributed by atoms with van der Waals surface area (Å²) >= 11 is 31.1. The number of nitrogens with zero attached hydrogens (tertiary/aromatic N) is 1. The van der Waals surface area contributed by atoms with Gasteiger partial charge in [-0.05, 0) is 11.4 Å². The van der Waals surface area contributed by atoms with Crippen LogP contribution in [0, 0.1) is 0 Å². The van der Waals surface area contributed by atoms with Crippen molar-refractivity contribution in [2.45, 2.75) is 10.2 Å². The normalized spacial score (nSPS) is 11.4. The van der Waals surface area contributed by atoms with Gasteiger partial charge in [-0.1, -0.05) is 64.1 Å². The maximum absolute atomic E-state index is 12.1. The van der Waals surface area contributed by atoms with Crippen LogP contribution in [0.4, 0.5) is 0 Å². The van der Waals surface area contributed by atoms with E-state index in [2.05, 4.69) is 4.98 Å². The fourth-order valence-corrected chi connectivity index (χ4v) is 3.48. The first-order chi connectivity index (χ1) is 10.7. The Bertz CT molecular complexity index is 715. The highest BCUT2D eigenvalue weighted by Gasteiger charge is 2.33. The van der Waals surface area contributed by atoms with E-state index < -0.39 is 9.76 Å². The van der Waals surface area contributed by atoms with Crippen molar-refractivity contribution in [2.24, 2.45) is 0 Å². The zero-order valence-electron chi connectivity index (χ0n) is 11.4. The number of rotatable bonds is 4. The second kappa shape index (κ2) is 7.64. The van der Waals surface area contributed by atoms with Gasteiger partial charge in [-0.15, -0.1) is 11.3 Å². The average Bonchev–Trinajstić information content (AvgIpc) is 2.95. The molecular weight excluding hydrogens is 427 g/mol. The molecule has 0 fully saturated rings. The molecule has 0 atom stereocenters. The summed E-state index contributed by atoms with van der Waals surface area (Å²) in [4.78, 5) is 16.8. The van der Waals surface area contributed by atoms with Crippen LogP contribution in [0.3, 0.4) is 0 Å². The number of carbonyl (C=O) groups excluding carboxylic acids is 1. The van der Waals surface area contributed by atoms with E-state index in [0.717, 1.165) is 4.88 Å². The van der Waals surface area contributed by atoms with Crippen LogP contribution in [0.15, 0.2) is 17.5 Å². The number of carbonyl (C=O) groups is 1. The zero-order valence-corrected chi connectivity index (χ0v) is 16.0. The van der Waals surface area contributed by atoms with Crippen LogP contribution in [-0.4, -0.2) is 18.1 Å². The van der Waals surface area contributed by atoms with Crippen molar-refractivity contribution in [1.29, 1.82) is 0 Å². The minimum absolute atomic E-state index is 0.0536. The van der Waals surface area contributed by atoms with Crippen molar-refractivity contribution in [3.05, 3.63) is 38.1 Å². The van der Waals surface area contributed by atoms with E-state index in [1.54, 1.807) is 6.07 Å². The van der Waals surface area contributed by atoms with Crippen LogP contribution < -0.4 is 9.47 Å². The molecule has 0 radical (unpaired) electrons. The highest BCUT2D eigenvalue weighted by Crippen LogP contribution is 2.48. The lowest BCUT2D eigenvalue weighted by Crippen LogP contribution is -2.14. The summed E-state index contributed by atoms with van der Waals surface area (Å²) in [7, 11) is 1.32. The lowest BCUT2D eigenvalue weighted by atomic mass is 10.3. The van der Waals surface area contributed by atoms with Gasteiger partial charge in [-0.25, -0.2) is 4.98 Å². The molecule has 4 nitrogen and oxygen atoms in total. The van der Waals surface area contributed by atoms with E-state index in [4.69, 9.17) is 67.5 Å². The molecule has 2 rings (SSSR count). The van der Waals surface area contributed by atoms with Crippen LogP contribution in [0.1, 0.15) is 10.6 Å². The Morgan fingerprint density at radius 2 is 2.00 bits per heavy atom. The first-order valence-electron chi connectivity index (χ1n) is 5.97. The standard InChI is InChI=1S/C13H8Cl5NO3S/c1-21-12-9(15)10(8(14)11(19-12)13(16,17)18)22-7(20)5-6-3-2-4-23-6/h2-4H,5H2,1H3. The van der Waals surface area contributed by atoms with Crippen LogP contribution >= 0.6 is 69.3 Å². The first-order valence-corrected chi connectivity index (χ1v) is 8.74. The summed E-state index contributed by atoms with van der Waals surface area (Å²) in [5.41, 5.74) is -0.149. The quantitative estimate of drug-likeness (QED) is 0.474. The van der Waals surface area contributed by atoms with Crippen LogP contribution in [0.5, 0.6) is 11.6 Å². The maximum atomic E-state index is 12.1. The van der Waals surface area contributed by atoms with Gasteiger partial charge in [-0.3, -0.25) is 4.79 Å². The van der Waals surface area contributed by atoms with Crippen LogP contribution in [0.25, 0.3) is 0 Å². The number of halogens is 5. The molecule has 0 amide bonds. The number of esters is 1. The Balaban J connectivity index is 2.38. The summed E-state index contributed by atoms with van der Waals surface area (Å²) in [6.07, 6.45) is 0.0536. The fraction of sp³-hybridized carbons (Fsp3) is 0.231. The number of pyridine rings is 1. The van der Waals surface area contributed by atoms with Crippen LogP contribution in [-0.2, 0) is 15.0 Å². The predicted molar refractivity (Wildman–Crippen MR) is 93.7 cm³/mol. The van der Waals surface area contributed by atoms with Gasteiger partial charge in [0.2, 0.25) is 9.67 Å². The maximum Gasteiger partial charge on any atom is 0.316 e. The topological polar surface area (TPSA) is 48.4 Å². The van der Waals surface area contributed by atoms with E-state index in [1.165, 1.54) is 18.4 Å². The van der Waals surface area contributed by atoms with Crippen molar-refractivity contribution < 1.29 is 14.3 Å². The third kappa shape index (κ3) is 4.56. The smallest absolute Gasteiger partial charge is 0.316 e. The minimum Gasteiger partial charge on any atom is -0.480 e. The second-order valence-electron chi connectivity index (χ2n) is 4.15. The van der Waals surface area contributed by atoms with Crippen LogP contribution in [0.2, 0.25) is 10.0 Å². The molecule has 10 heteroatoms. The fourth-order valence-electron chi connectivity index (χ4n) is 1.62. The largest absolute Gasteiger partial charge is 0.480 e. The van der Waals surface area contributed by atoms with Gasteiger partial charge < -0.3 is 9.47 Å². The molecule has 0 spiro atoms. The zero-order chi connectivity index (χ0) is 17.2. The van der Waals surface area contributed by atoms with Crippen molar-refractivity contribution in [3.63, 3.8) is 0 Å². The molecule has 23 heavy (non-hydrogen) atoms. The summed E-state index contributed by atoms with van der Waals surface area (Å²) in [6.45, 7) is 0. The highest BCUT2D eigenvalue weighted by atomic mass is 35.6. The van der Waals surface area contributed by atoms with Gasteiger partial charge in [-0.2, -0.15) is 0 Å². The monoisotopic (exact) mass is 433 g/mol. The molecule has 0 saturated carbocycles. The Hall–Kier alpha value is -0.430. The Morgan fingerprint density at radius 3 is 2.52 bits per heavy atom. The number of hydrogen-bond donors (Lipinski definition) is 0. The molecule has 124 valence electrons. The van der Waals surface area contributed by atoms with Gasteiger partial charge in [0.05, 0.1) is 13.5 Å². The lowest BCUT2D eigenvalue weighted by molar-refractivity contribution is -0.133. The molecule has 0 saturated heterocycles. The van der Waals surface area contributed by atoms with Gasteiger partial charge >= 0.3 is 5.97 Å². The van der Waals surface area contributed by atoms with Gasteiger partial charge in [0, 0.05) is 4.88 Å². The SMILES string of the molecule is COc1nc(C(Cl)(Cl)Cl)c(Cl)c(OC(=O)Cc2cccs2)c1Cl. The molecule has 0 aliphatic heterocycles. The van der Waals surface area contributed by atoms with Crippen molar-refractivity contribution in [2.75, 3.05) is 7.11 Å². The third-order valence-electron chi connectivity index (χ3n) is 2.58. The summed E-state index contributed by atoms with van der Waals surface area (Å²) < 4.78 is 8.29. The number of hydrogen-bond acceptors (Lipinski definition) is 5. The molecule has 0 bridgehead atoms. The summed E-state index contributed by atoms with van der Waals surface area (Å²) in [5, 5.41) is 1.59. The van der Waals surface area contributed by atoms with E-state index >= 15 is 0 Å². The Morgan fingerprint density at radius 1 is 1.30 bits per heavy atom. The molecule has 0 aromatic carbocycles. The molecule has 0 aliphatic carbocycles. The Labute approximate surface area is 161 Å². The third-order valence-corrected chi connectivity index (χ3v) is 4.68. The minimum atomic E-state index is -1.94. The van der Waals surface area contributed by atoms with E-state index in [1.807, 2.05) is 11.4 Å². The lowest BCUT2D eigenvalue weighted by Gasteiger charge is -2.17. The van der Waals surface area contributed by atoms with Gasteiger partial charge in [0.25, 0.3) is 0 Å². The Kier molecular flexibility index (Phi) is 6.28. The molecule has 2 aromatic heterocycles. The summed E-state index contributed by atoms with van der Waals surface area (Å²) in [5.74, 6) is -0.806. The average molecular weight is 436 g/mol. The van der Waals surface area contributed by atoms with E-state index in [9.17, 15) is 4.79 Å². The molecule has 0 unspecified atom stereocenters. The van der Waals surface area contributed by atoms with Crippen molar-refractivity contribution >= 4 is 75.3 Å². The molecule has 0 aliphatic rings. The molecular formula is C13H8Cl5NO3S. The first kappa shape index (κ1) is 18.9. The second-order valence-corrected chi connectivity index (χ2v) is 8.22. The molecule has 2 aromatic rings. The summed E-state index contributed by atoms with van der Waals surface area (Å²) in [6, 6.07) is 3.62. The van der Waals surface area contributed by atoms with E-state index in [-0.39, 0.29) is 33.8 Å². The van der Waals surface area contributed by atoms with E-state index in [0.29, 0.717) is 0 Å². The number of ether oxygens (including phenoxy) is 2. The number of thiophene rings is 1. The molecule has 0 N–H and O–H groups in total. The molecule has 2 heterocycles. The number of aromatic nitrogens is 1.